The Morgan fingerprint density at radius 1 is 1.02 bits per heavy atom. The Labute approximate surface area is 333 Å². The van der Waals surface area contributed by atoms with Gasteiger partial charge in [-0.15, -0.1) is 0 Å². The van der Waals surface area contributed by atoms with Crippen molar-refractivity contribution in [2.45, 2.75) is 139 Å². The third-order valence-electron chi connectivity index (χ3n) is 12.0. The summed E-state index contributed by atoms with van der Waals surface area (Å²) in [5.41, 5.74) is 3.30. The van der Waals surface area contributed by atoms with Gasteiger partial charge in [-0.25, -0.2) is 4.79 Å². The quantitative estimate of drug-likeness (QED) is 0.236. The van der Waals surface area contributed by atoms with E-state index in [4.69, 9.17) is 23.7 Å². The van der Waals surface area contributed by atoms with Crippen LogP contribution in [0.25, 0.3) is 6.08 Å². The van der Waals surface area contributed by atoms with E-state index in [9.17, 15) is 24.3 Å². The number of fused-ring (bicyclic) bond motifs is 3. The molecule has 304 valence electrons. The number of likely N-dealkylation sites (tertiary alicyclic amines) is 1. The van der Waals surface area contributed by atoms with E-state index in [-0.39, 0.29) is 31.8 Å². The number of rotatable bonds is 11. The van der Waals surface area contributed by atoms with Gasteiger partial charge >= 0.3 is 11.9 Å². The number of aliphatic hydroxyl groups is 1. The zero-order valence-corrected chi connectivity index (χ0v) is 33.0. The highest BCUT2D eigenvalue weighted by atomic mass is 16.8. The van der Waals surface area contributed by atoms with Crippen molar-refractivity contribution >= 4 is 29.8 Å². The van der Waals surface area contributed by atoms with Crippen LogP contribution in [0.15, 0.2) is 66.3 Å². The molecule has 3 saturated heterocycles. The molecule has 8 unspecified atom stereocenters. The molecule has 0 bridgehead atoms. The number of ether oxygens (including phenoxy) is 5. The number of nitrogens with one attached hydrogen (secondary N) is 1. The molecule has 4 fully saturated rings. The zero-order valence-electron chi connectivity index (χ0n) is 33.0. The maximum Gasteiger partial charge on any atom is 0.338 e. The Balaban J connectivity index is 0.970. The van der Waals surface area contributed by atoms with E-state index in [2.05, 4.69) is 29.6 Å². The highest BCUT2D eigenvalue weighted by molar-refractivity contribution is 5.98. The van der Waals surface area contributed by atoms with Crippen molar-refractivity contribution in [1.29, 1.82) is 0 Å². The highest BCUT2D eigenvalue weighted by Crippen LogP contribution is 2.45. The van der Waals surface area contributed by atoms with Crippen LogP contribution in [-0.4, -0.2) is 101 Å². The molecule has 0 aromatic heterocycles. The van der Waals surface area contributed by atoms with Crippen LogP contribution in [0.5, 0.6) is 0 Å². The van der Waals surface area contributed by atoms with Crippen LogP contribution in [0.4, 0.5) is 0 Å². The first kappa shape index (κ1) is 39.5. The van der Waals surface area contributed by atoms with Crippen LogP contribution in [0.1, 0.15) is 99.2 Å². The summed E-state index contributed by atoms with van der Waals surface area (Å²) in [5.74, 6) is -2.18. The van der Waals surface area contributed by atoms with Gasteiger partial charge in [0.15, 0.2) is 5.79 Å². The third-order valence-corrected chi connectivity index (χ3v) is 12.0. The van der Waals surface area contributed by atoms with Crippen molar-refractivity contribution in [1.82, 2.24) is 10.2 Å². The second kappa shape index (κ2) is 16.1. The Morgan fingerprint density at radius 2 is 1.81 bits per heavy atom. The SMILES string of the molecule is CC(C)(C)OC(=O)CCC(CO)NC(=O)C1CCCN1C(=O)C1=CC2OC3(Cc4ccccc4C3)OC2C(OC(=O)c2cccc(C=CC3CCC4OC4C3)c2)C1. The van der Waals surface area contributed by atoms with E-state index in [1.54, 1.807) is 37.8 Å². The number of carbonyl (C=O) groups excluding carboxylic acids is 4. The molecular formula is C45H54N2O10. The molecule has 3 aliphatic carbocycles. The Kier molecular flexibility index (Phi) is 11.2. The fourth-order valence-corrected chi connectivity index (χ4v) is 9.14. The van der Waals surface area contributed by atoms with E-state index in [0.29, 0.717) is 61.5 Å². The Hall–Kier alpha value is -4.36. The lowest BCUT2D eigenvalue weighted by Gasteiger charge is -2.33. The molecule has 1 spiro atoms. The number of aliphatic hydroxyl groups excluding tert-OH is 1. The summed E-state index contributed by atoms with van der Waals surface area (Å²) >= 11 is 0. The van der Waals surface area contributed by atoms with Crippen LogP contribution in [0, 0.1) is 5.92 Å². The van der Waals surface area contributed by atoms with Crippen molar-refractivity contribution in [3.8, 4) is 0 Å². The number of hydrogen-bond donors (Lipinski definition) is 2. The predicted octanol–water partition coefficient (Wildman–Crippen LogP) is 4.99. The predicted molar refractivity (Wildman–Crippen MR) is 209 cm³/mol. The van der Waals surface area contributed by atoms with Gasteiger partial charge in [-0.05, 0) is 100 Å². The molecule has 57 heavy (non-hydrogen) atoms. The Morgan fingerprint density at radius 3 is 2.54 bits per heavy atom. The summed E-state index contributed by atoms with van der Waals surface area (Å²) in [4.78, 5) is 55.7. The molecule has 12 nitrogen and oxygen atoms in total. The molecule has 8 rings (SSSR count). The molecule has 6 aliphatic rings. The summed E-state index contributed by atoms with van der Waals surface area (Å²) in [6, 6.07) is 14.0. The highest BCUT2D eigenvalue weighted by Gasteiger charge is 2.55. The molecule has 1 saturated carbocycles. The third kappa shape index (κ3) is 9.04. The summed E-state index contributed by atoms with van der Waals surface area (Å²) in [6.07, 6.45) is 10.4. The van der Waals surface area contributed by atoms with Gasteiger partial charge in [0, 0.05) is 37.8 Å². The number of hydrogen-bond acceptors (Lipinski definition) is 10. The van der Waals surface area contributed by atoms with E-state index in [1.165, 1.54) is 0 Å². The normalized spacial score (nSPS) is 28.9. The zero-order chi connectivity index (χ0) is 39.9. The van der Waals surface area contributed by atoms with Crippen LogP contribution < -0.4 is 5.32 Å². The molecule has 3 heterocycles. The molecule has 2 aromatic rings. The average Bonchev–Trinajstić information content (AvgIpc) is 3.46. The smallest absolute Gasteiger partial charge is 0.338 e. The van der Waals surface area contributed by atoms with Crippen molar-refractivity contribution in [3.05, 3.63) is 88.5 Å². The van der Waals surface area contributed by atoms with Gasteiger partial charge in [0.2, 0.25) is 11.8 Å². The molecule has 3 aliphatic heterocycles. The van der Waals surface area contributed by atoms with Gasteiger partial charge in [-0.2, -0.15) is 0 Å². The van der Waals surface area contributed by atoms with Crippen LogP contribution in [-0.2, 0) is 50.9 Å². The number of nitrogens with zero attached hydrogens (tertiary/aromatic N) is 1. The number of allylic oxidation sites excluding steroid dienone is 1. The number of carbonyl (C=O) groups is 4. The van der Waals surface area contributed by atoms with Crippen molar-refractivity contribution < 1.29 is 48.0 Å². The first-order valence-corrected chi connectivity index (χ1v) is 20.6. The van der Waals surface area contributed by atoms with E-state index in [0.717, 1.165) is 36.0 Å². The summed E-state index contributed by atoms with van der Waals surface area (Å²) < 4.78 is 30.7. The standard InChI is InChI=1S/C45H54N2O10/c1-44(2,3)56-39(49)18-16-33(26-48)46-41(50)34-12-7-19-47(34)42(51)32-22-37(40-38(23-32)55-45(57-40)24-30-9-4-5-10-31(30)25-45)54-43(52)29-11-6-8-27(20-29)13-14-28-15-17-35-36(21-28)53-35/h4-6,8-11,13-14,20,23,28,33-38,40,48H,7,12,15-19,21-22,24-26H2,1-3H3,(H,46,50). The fraction of sp³-hybridized carbons (Fsp3) is 0.556. The molecule has 12 heteroatoms. The first-order chi connectivity index (χ1) is 27.3. The van der Waals surface area contributed by atoms with Crippen LogP contribution in [0.3, 0.4) is 0 Å². The van der Waals surface area contributed by atoms with Gasteiger partial charge < -0.3 is 39.0 Å². The minimum absolute atomic E-state index is 0.0261. The Bertz CT molecular complexity index is 1910. The topological polar surface area (TPSA) is 153 Å². The molecule has 2 N–H and O–H groups in total. The van der Waals surface area contributed by atoms with Crippen molar-refractivity contribution in [3.63, 3.8) is 0 Å². The monoisotopic (exact) mass is 782 g/mol. The minimum atomic E-state index is -0.956. The second-order valence-electron chi connectivity index (χ2n) is 17.5. The number of amides is 2. The maximum absolute atomic E-state index is 14.4. The minimum Gasteiger partial charge on any atom is -0.460 e. The molecule has 0 radical (unpaired) electrons. The first-order valence-electron chi connectivity index (χ1n) is 20.6. The summed E-state index contributed by atoms with van der Waals surface area (Å²) in [5, 5.41) is 12.9. The van der Waals surface area contributed by atoms with Crippen molar-refractivity contribution in [2.75, 3.05) is 13.2 Å². The largest absolute Gasteiger partial charge is 0.460 e. The van der Waals surface area contributed by atoms with Crippen molar-refractivity contribution in [2.24, 2.45) is 5.92 Å². The number of esters is 2. The van der Waals surface area contributed by atoms with Crippen LogP contribution in [0.2, 0.25) is 0 Å². The van der Waals surface area contributed by atoms with Gasteiger partial charge in [0.1, 0.15) is 30.0 Å². The van der Waals surface area contributed by atoms with Crippen LogP contribution >= 0.6 is 0 Å². The lowest BCUT2D eigenvalue weighted by molar-refractivity contribution is -0.172. The molecule has 2 aromatic carbocycles. The summed E-state index contributed by atoms with van der Waals surface area (Å²) in [7, 11) is 0. The molecule has 8 atom stereocenters. The number of epoxide rings is 1. The van der Waals surface area contributed by atoms with E-state index < -0.39 is 59.6 Å². The molecule has 2 amide bonds. The van der Waals surface area contributed by atoms with Gasteiger partial charge in [0.05, 0.1) is 30.4 Å². The second-order valence-corrected chi connectivity index (χ2v) is 17.5. The average molecular weight is 783 g/mol. The molecular weight excluding hydrogens is 728 g/mol. The van der Waals surface area contributed by atoms with E-state index >= 15 is 0 Å². The lowest BCUT2D eigenvalue weighted by Crippen LogP contribution is -2.51. The fourth-order valence-electron chi connectivity index (χ4n) is 9.14. The summed E-state index contributed by atoms with van der Waals surface area (Å²) in [6.45, 7) is 5.33. The van der Waals surface area contributed by atoms with Gasteiger partial charge in [-0.1, -0.05) is 48.6 Å². The van der Waals surface area contributed by atoms with Gasteiger partial charge in [0.25, 0.3) is 0 Å². The van der Waals surface area contributed by atoms with Gasteiger partial charge in [-0.3, -0.25) is 14.4 Å². The van der Waals surface area contributed by atoms with E-state index in [1.807, 2.05) is 30.3 Å². The number of benzene rings is 2. The lowest BCUT2D eigenvalue weighted by atomic mass is 9.88. The maximum atomic E-state index is 14.4.